The molecule has 0 aliphatic rings. The summed E-state index contributed by atoms with van der Waals surface area (Å²) in [6.07, 6.45) is 1.41. The number of pyridine rings is 1. The standard InChI is InChI=1S/C11H15BrN2O2/c1-3-4-9(11(15)16)14-10-6-5-8(12)7(2)13-10/h5-6,9H,3-4H2,1-2H3,(H,13,14)(H,15,16). The van der Waals surface area contributed by atoms with E-state index < -0.39 is 12.0 Å². The Morgan fingerprint density at radius 1 is 1.62 bits per heavy atom. The van der Waals surface area contributed by atoms with E-state index in [1.165, 1.54) is 0 Å². The van der Waals surface area contributed by atoms with Crippen molar-refractivity contribution >= 4 is 27.7 Å². The zero-order valence-electron chi connectivity index (χ0n) is 9.33. The molecule has 5 heteroatoms. The topological polar surface area (TPSA) is 62.2 Å². The minimum absolute atomic E-state index is 0.571. The van der Waals surface area contributed by atoms with Gasteiger partial charge in [-0.05, 0) is 41.4 Å². The van der Waals surface area contributed by atoms with E-state index in [4.69, 9.17) is 5.11 Å². The van der Waals surface area contributed by atoms with Gasteiger partial charge in [-0.25, -0.2) is 9.78 Å². The molecule has 0 aliphatic heterocycles. The number of anilines is 1. The molecule has 0 saturated heterocycles. The lowest BCUT2D eigenvalue weighted by atomic mass is 10.1. The maximum atomic E-state index is 10.9. The molecule has 1 aromatic rings. The van der Waals surface area contributed by atoms with E-state index in [0.717, 1.165) is 16.6 Å². The first-order valence-electron chi connectivity index (χ1n) is 5.17. The van der Waals surface area contributed by atoms with Gasteiger partial charge >= 0.3 is 5.97 Å². The largest absolute Gasteiger partial charge is 0.480 e. The zero-order valence-corrected chi connectivity index (χ0v) is 10.9. The highest BCUT2D eigenvalue weighted by Gasteiger charge is 2.16. The number of rotatable bonds is 5. The summed E-state index contributed by atoms with van der Waals surface area (Å²) in [4.78, 5) is 15.2. The lowest BCUT2D eigenvalue weighted by Gasteiger charge is -2.14. The van der Waals surface area contributed by atoms with E-state index in [0.29, 0.717) is 12.2 Å². The summed E-state index contributed by atoms with van der Waals surface area (Å²) >= 11 is 3.35. The van der Waals surface area contributed by atoms with Gasteiger partial charge < -0.3 is 10.4 Å². The summed E-state index contributed by atoms with van der Waals surface area (Å²) in [5, 5.41) is 11.9. The van der Waals surface area contributed by atoms with E-state index >= 15 is 0 Å². The number of nitrogens with one attached hydrogen (secondary N) is 1. The second-order valence-corrected chi connectivity index (χ2v) is 4.44. The molecule has 0 spiro atoms. The van der Waals surface area contributed by atoms with Crippen molar-refractivity contribution in [2.24, 2.45) is 0 Å². The number of carboxylic acids is 1. The van der Waals surface area contributed by atoms with E-state index in [2.05, 4.69) is 26.2 Å². The number of nitrogens with zero attached hydrogens (tertiary/aromatic N) is 1. The average molecular weight is 287 g/mol. The van der Waals surface area contributed by atoms with Gasteiger partial charge in [0.1, 0.15) is 11.9 Å². The molecular weight excluding hydrogens is 272 g/mol. The Bertz CT molecular complexity index is 382. The maximum Gasteiger partial charge on any atom is 0.326 e. The molecule has 0 aliphatic carbocycles. The van der Waals surface area contributed by atoms with Gasteiger partial charge in [0.25, 0.3) is 0 Å². The third-order valence-corrected chi connectivity index (χ3v) is 3.06. The third-order valence-electron chi connectivity index (χ3n) is 2.22. The number of aromatic nitrogens is 1. The van der Waals surface area contributed by atoms with Gasteiger partial charge in [-0.15, -0.1) is 0 Å². The predicted molar refractivity (Wildman–Crippen MR) is 66.6 cm³/mol. The number of halogens is 1. The van der Waals surface area contributed by atoms with Crippen LogP contribution in [0.4, 0.5) is 5.82 Å². The molecule has 1 atom stereocenters. The number of hydrogen-bond acceptors (Lipinski definition) is 3. The molecule has 1 aromatic heterocycles. The summed E-state index contributed by atoms with van der Waals surface area (Å²) < 4.78 is 0.917. The van der Waals surface area contributed by atoms with Gasteiger partial charge in [0, 0.05) is 4.47 Å². The van der Waals surface area contributed by atoms with Crippen molar-refractivity contribution in [1.29, 1.82) is 0 Å². The summed E-state index contributed by atoms with van der Waals surface area (Å²) in [5.41, 5.74) is 0.839. The van der Waals surface area contributed by atoms with Crippen LogP contribution in [0.15, 0.2) is 16.6 Å². The van der Waals surface area contributed by atoms with Gasteiger partial charge in [0.15, 0.2) is 0 Å². The van der Waals surface area contributed by atoms with E-state index in [9.17, 15) is 4.79 Å². The predicted octanol–water partition coefficient (Wildman–Crippen LogP) is 2.82. The van der Waals surface area contributed by atoms with Crippen LogP contribution in [0.1, 0.15) is 25.5 Å². The molecular formula is C11H15BrN2O2. The Balaban J connectivity index is 2.77. The molecule has 0 aromatic carbocycles. The number of carbonyl (C=O) groups is 1. The molecule has 0 saturated carbocycles. The number of aliphatic carboxylic acids is 1. The minimum atomic E-state index is -0.843. The fourth-order valence-corrected chi connectivity index (χ4v) is 1.57. The lowest BCUT2D eigenvalue weighted by molar-refractivity contribution is -0.138. The molecule has 0 radical (unpaired) electrons. The number of carboxylic acid groups (broad SMARTS) is 1. The van der Waals surface area contributed by atoms with Crippen molar-refractivity contribution in [3.05, 3.63) is 22.3 Å². The summed E-state index contributed by atoms with van der Waals surface area (Å²) in [7, 11) is 0. The summed E-state index contributed by atoms with van der Waals surface area (Å²) in [6, 6.07) is 3.05. The third kappa shape index (κ3) is 3.48. The van der Waals surface area contributed by atoms with Crippen molar-refractivity contribution in [3.63, 3.8) is 0 Å². The maximum absolute atomic E-state index is 10.9. The van der Waals surface area contributed by atoms with Crippen LogP contribution >= 0.6 is 15.9 Å². The van der Waals surface area contributed by atoms with Crippen LogP contribution in [-0.4, -0.2) is 22.1 Å². The minimum Gasteiger partial charge on any atom is -0.480 e. The van der Waals surface area contributed by atoms with Crippen LogP contribution in [0.3, 0.4) is 0 Å². The summed E-state index contributed by atoms with van der Waals surface area (Å²) in [6.45, 7) is 3.82. The van der Waals surface area contributed by atoms with Crippen LogP contribution in [0.2, 0.25) is 0 Å². The highest BCUT2D eigenvalue weighted by molar-refractivity contribution is 9.10. The van der Waals surface area contributed by atoms with Crippen LogP contribution in [0, 0.1) is 6.92 Å². The van der Waals surface area contributed by atoms with E-state index in [-0.39, 0.29) is 0 Å². The van der Waals surface area contributed by atoms with Crippen molar-refractivity contribution in [2.75, 3.05) is 5.32 Å². The molecule has 2 N–H and O–H groups in total. The van der Waals surface area contributed by atoms with Crippen molar-refractivity contribution < 1.29 is 9.90 Å². The fraction of sp³-hybridized carbons (Fsp3) is 0.455. The molecule has 1 heterocycles. The zero-order chi connectivity index (χ0) is 12.1. The molecule has 1 rings (SSSR count). The second kappa shape index (κ2) is 5.84. The smallest absolute Gasteiger partial charge is 0.326 e. The molecule has 1 unspecified atom stereocenters. The fourth-order valence-electron chi connectivity index (χ4n) is 1.35. The Hall–Kier alpha value is -1.10. The molecule has 16 heavy (non-hydrogen) atoms. The van der Waals surface area contributed by atoms with Crippen molar-refractivity contribution in [1.82, 2.24) is 4.98 Å². The van der Waals surface area contributed by atoms with Crippen LogP contribution in [0.5, 0.6) is 0 Å². The van der Waals surface area contributed by atoms with Crippen LogP contribution < -0.4 is 5.32 Å². The normalized spacial score (nSPS) is 12.2. The Morgan fingerprint density at radius 2 is 2.31 bits per heavy atom. The first-order valence-corrected chi connectivity index (χ1v) is 5.96. The van der Waals surface area contributed by atoms with Gasteiger partial charge in [-0.1, -0.05) is 13.3 Å². The van der Waals surface area contributed by atoms with Crippen LogP contribution in [0.25, 0.3) is 0 Å². The molecule has 0 amide bonds. The van der Waals surface area contributed by atoms with Gasteiger partial charge in [0.05, 0.1) is 5.69 Å². The SMILES string of the molecule is CCCC(Nc1ccc(Br)c(C)n1)C(=O)O. The Morgan fingerprint density at radius 3 is 2.81 bits per heavy atom. The number of hydrogen-bond donors (Lipinski definition) is 2. The number of aryl methyl sites for hydroxylation is 1. The van der Waals surface area contributed by atoms with Crippen molar-refractivity contribution in [3.8, 4) is 0 Å². The molecule has 4 nitrogen and oxygen atoms in total. The highest BCUT2D eigenvalue weighted by Crippen LogP contribution is 2.17. The van der Waals surface area contributed by atoms with Crippen molar-refractivity contribution in [2.45, 2.75) is 32.7 Å². The second-order valence-electron chi connectivity index (χ2n) is 3.59. The quantitative estimate of drug-likeness (QED) is 0.874. The van der Waals surface area contributed by atoms with Gasteiger partial charge in [0.2, 0.25) is 0 Å². The average Bonchev–Trinajstić information content (AvgIpc) is 2.22. The van der Waals surface area contributed by atoms with Gasteiger partial charge in [-0.3, -0.25) is 0 Å². The Kier molecular flexibility index (Phi) is 4.73. The highest BCUT2D eigenvalue weighted by atomic mass is 79.9. The summed E-state index contributed by atoms with van der Waals surface area (Å²) in [5.74, 6) is -0.245. The van der Waals surface area contributed by atoms with Crippen LogP contribution in [-0.2, 0) is 4.79 Å². The van der Waals surface area contributed by atoms with E-state index in [1.807, 2.05) is 19.9 Å². The molecule has 0 bridgehead atoms. The first kappa shape index (κ1) is 13.0. The monoisotopic (exact) mass is 286 g/mol. The van der Waals surface area contributed by atoms with Gasteiger partial charge in [-0.2, -0.15) is 0 Å². The Labute approximate surface area is 103 Å². The van der Waals surface area contributed by atoms with E-state index in [1.54, 1.807) is 6.07 Å². The first-order chi connectivity index (χ1) is 7.54. The molecule has 88 valence electrons. The molecule has 0 fully saturated rings. The lowest BCUT2D eigenvalue weighted by Crippen LogP contribution is -2.29.